The summed E-state index contributed by atoms with van der Waals surface area (Å²) in [6.07, 6.45) is 0. The van der Waals surface area contributed by atoms with Gasteiger partial charge in [-0.2, -0.15) is 0 Å². The minimum atomic E-state index is 0. The van der Waals surface area contributed by atoms with Crippen molar-refractivity contribution in [3.8, 4) is 0 Å². The third kappa shape index (κ3) is 23.8. The second-order valence-corrected chi connectivity index (χ2v) is 0. The first-order valence-corrected chi connectivity index (χ1v) is 0. The molecule has 6 heteroatoms. The molecule has 0 fully saturated rings. The second kappa shape index (κ2) is 34.3. The summed E-state index contributed by atoms with van der Waals surface area (Å²) in [5.41, 5.74) is 0. The number of rotatable bonds is 0. The second-order valence-electron chi connectivity index (χ2n) is 0. The van der Waals surface area contributed by atoms with Crippen LogP contribution < -0.4 is 95.9 Å². The van der Waals surface area contributed by atoms with Crippen molar-refractivity contribution in [2.45, 2.75) is 0 Å². The Balaban J connectivity index is 0. The molecule has 0 amide bonds. The topological polar surface area (TPSA) is 0 Å². The number of hydrogen-bond donors (Lipinski definition) is 0. The van der Waals surface area contributed by atoms with Crippen LogP contribution in [0.1, 0.15) is 0 Å². The van der Waals surface area contributed by atoms with Gasteiger partial charge in [0.1, 0.15) is 0 Å². The largest absolute Gasteiger partial charge is 3.00 e. The summed E-state index contributed by atoms with van der Waals surface area (Å²) in [6.45, 7) is 0. The van der Waals surface area contributed by atoms with E-state index in [4.69, 9.17) is 0 Å². The van der Waals surface area contributed by atoms with Gasteiger partial charge in [0.25, 0.3) is 0 Å². The minimum absolute atomic E-state index is 0. The van der Waals surface area contributed by atoms with Crippen molar-refractivity contribution in [2.75, 3.05) is 0 Å². The molecular weight excluding hydrogens is 760 g/mol. The van der Waals surface area contributed by atoms with E-state index in [0.717, 1.165) is 0 Å². The first-order chi connectivity index (χ1) is 0. The summed E-state index contributed by atoms with van der Waals surface area (Å²) in [5, 5.41) is 0. The molecule has 0 aromatic rings. The van der Waals surface area contributed by atoms with Crippen molar-refractivity contribution in [1.82, 2.24) is 0 Å². The van der Waals surface area contributed by atoms with Crippen LogP contribution in [-0.2, 0) is 45.0 Å². The van der Waals surface area contributed by atoms with Crippen LogP contribution in [0.2, 0.25) is 0 Å². The molecule has 0 rings (SSSR count). The third-order valence-corrected chi connectivity index (χ3v) is 0. The van der Waals surface area contributed by atoms with Crippen molar-refractivity contribution in [3.05, 3.63) is 0 Å². The summed E-state index contributed by atoms with van der Waals surface area (Å²) in [7, 11) is 0. The van der Waals surface area contributed by atoms with E-state index in [1.54, 1.807) is 0 Å². The van der Waals surface area contributed by atoms with Crippen LogP contribution in [0.4, 0.5) is 0 Å². The van der Waals surface area contributed by atoms with Gasteiger partial charge in [0.15, 0.2) is 0 Å². The molecule has 0 aliphatic carbocycles. The van der Waals surface area contributed by atoms with Crippen LogP contribution in [0.25, 0.3) is 0 Å². The predicted octanol–water partition coefficient (Wildman–Crippen LogP) is -12.0. The minimum Gasteiger partial charge on any atom is -1.00 e. The smallest absolute Gasteiger partial charge is 1.00 e. The van der Waals surface area contributed by atoms with E-state index in [2.05, 4.69) is 0 Å². The Hall–Kier alpha value is 4.39. The molecule has 0 aromatic heterocycles. The van der Waals surface area contributed by atoms with Crippen molar-refractivity contribution in [1.29, 1.82) is 0 Å². The molecule has 0 saturated heterocycles. The first-order valence-electron chi connectivity index (χ1n) is 0. The summed E-state index contributed by atoms with van der Waals surface area (Å²) in [6, 6.07) is 0. The maximum Gasteiger partial charge on any atom is 3.00 e. The van der Waals surface area contributed by atoms with Crippen LogP contribution >= 0.6 is 0 Å². The van der Waals surface area contributed by atoms with Gasteiger partial charge in [-0.15, -0.1) is 0 Å². The van der Waals surface area contributed by atoms with Gasteiger partial charge in [-0.3, -0.25) is 0 Å². The van der Waals surface area contributed by atoms with E-state index in [-0.39, 0.29) is 141 Å². The zero-order chi connectivity index (χ0) is 0. The molecule has 0 unspecified atom stereocenters. The quantitative estimate of drug-likeness (QED) is 0.170. The number of halogens is 4. The fourth-order valence-corrected chi connectivity index (χ4v) is 0. The van der Waals surface area contributed by atoms with E-state index in [0.29, 0.717) is 0 Å². The van der Waals surface area contributed by atoms with E-state index in [1.165, 1.54) is 0 Å². The SMILES string of the molecule is [Cr+3].[Hg+].[I-].[I-].[I-].[I-]. The zero-order valence-corrected chi connectivity index (χ0v) is 18.0. The van der Waals surface area contributed by atoms with Crippen molar-refractivity contribution in [3.63, 3.8) is 0 Å². The van der Waals surface area contributed by atoms with Crippen molar-refractivity contribution < 1.29 is 141 Å². The van der Waals surface area contributed by atoms with Crippen molar-refractivity contribution >= 4 is 0 Å². The molecule has 2 radical (unpaired) electrons. The summed E-state index contributed by atoms with van der Waals surface area (Å²) in [5.74, 6) is 0. The standard InChI is InChI=1S/Cr.Hg.4HI/h;;4*1H/q+3;+1;;;;/p-4. The van der Waals surface area contributed by atoms with E-state index in [1.807, 2.05) is 0 Å². The Bertz CT molecular complexity index is 7.51. The molecule has 0 heterocycles. The molecular formula is CrHgI4. The molecule has 0 bridgehead atoms. The Morgan fingerprint density at radius 2 is 0.500 bits per heavy atom. The Morgan fingerprint density at radius 3 is 0.500 bits per heavy atom. The molecule has 6 heavy (non-hydrogen) atoms. The monoisotopic (exact) mass is 762 g/mol. The molecule has 0 atom stereocenters. The maximum absolute atomic E-state index is 0. The van der Waals surface area contributed by atoms with Gasteiger partial charge in [-0.1, -0.05) is 0 Å². The first kappa shape index (κ1) is 47.6. The normalized spacial score (nSPS) is 0. The van der Waals surface area contributed by atoms with Gasteiger partial charge in [-0.05, 0) is 0 Å². The molecule has 0 aliphatic heterocycles. The fourth-order valence-electron chi connectivity index (χ4n) is 0. The summed E-state index contributed by atoms with van der Waals surface area (Å²) >= 11 is 0. The predicted molar refractivity (Wildman–Crippen MR) is 0 cm³/mol. The summed E-state index contributed by atoms with van der Waals surface area (Å²) < 4.78 is 0. The van der Waals surface area contributed by atoms with Gasteiger partial charge in [0.05, 0.1) is 0 Å². The Labute approximate surface area is 137 Å². The molecule has 0 N–H and O–H groups in total. The van der Waals surface area contributed by atoms with E-state index in [9.17, 15) is 0 Å². The van der Waals surface area contributed by atoms with Gasteiger partial charge < -0.3 is 95.9 Å². The maximum atomic E-state index is 0. The average molecular weight is 760 g/mol. The van der Waals surface area contributed by atoms with Crippen LogP contribution in [0.5, 0.6) is 0 Å². The molecule has 0 nitrogen and oxygen atoms in total. The average Bonchev–Trinajstić information content (AvgIpc) is 0. The molecule has 0 spiro atoms. The van der Waals surface area contributed by atoms with Gasteiger partial charge in [0, 0.05) is 0 Å². The van der Waals surface area contributed by atoms with Gasteiger partial charge in [-0.25, -0.2) is 0 Å². The third-order valence-electron chi connectivity index (χ3n) is 0. The number of hydrogen-bond acceptors (Lipinski definition) is 0. The fraction of sp³-hybridized carbons (Fsp3) is 0. The van der Waals surface area contributed by atoms with Gasteiger partial charge in [0.2, 0.25) is 0 Å². The van der Waals surface area contributed by atoms with E-state index < -0.39 is 0 Å². The van der Waals surface area contributed by atoms with Crippen LogP contribution in [-0.4, -0.2) is 0 Å². The van der Waals surface area contributed by atoms with Crippen molar-refractivity contribution in [2.24, 2.45) is 0 Å². The summed E-state index contributed by atoms with van der Waals surface area (Å²) in [4.78, 5) is 0. The molecule has 36 valence electrons. The van der Waals surface area contributed by atoms with E-state index >= 15 is 0 Å². The Kier molecular flexibility index (Phi) is 272. The van der Waals surface area contributed by atoms with Crippen LogP contribution in [0.15, 0.2) is 0 Å². The Morgan fingerprint density at radius 1 is 0.500 bits per heavy atom. The van der Waals surface area contributed by atoms with Crippen LogP contribution in [0, 0.1) is 0 Å². The van der Waals surface area contributed by atoms with Crippen LogP contribution in [0.3, 0.4) is 0 Å². The molecule has 0 aromatic carbocycles. The van der Waals surface area contributed by atoms with Gasteiger partial charge >= 0.3 is 45.0 Å². The molecule has 0 aliphatic rings. The molecule has 0 saturated carbocycles. The zero-order valence-electron chi connectivity index (χ0n) is 2.63.